The summed E-state index contributed by atoms with van der Waals surface area (Å²) < 4.78 is 4.71. The first-order valence-corrected chi connectivity index (χ1v) is 8.11. The van der Waals surface area contributed by atoms with E-state index in [4.69, 9.17) is 4.74 Å². The highest BCUT2D eigenvalue weighted by molar-refractivity contribution is 7.10. The van der Waals surface area contributed by atoms with E-state index < -0.39 is 5.97 Å². The van der Waals surface area contributed by atoms with E-state index in [-0.39, 0.29) is 11.9 Å². The van der Waals surface area contributed by atoms with Gasteiger partial charge >= 0.3 is 5.97 Å². The molecule has 1 aliphatic heterocycles. The molecule has 1 amide bonds. The molecule has 1 aromatic carbocycles. The van der Waals surface area contributed by atoms with Crippen molar-refractivity contribution >= 4 is 23.2 Å². The summed E-state index contributed by atoms with van der Waals surface area (Å²) in [4.78, 5) is 27.5. The van der Waals surface area contributed by atoms with E-state index in [0.717, 1.165) is 19.4 Å². The van der Waals surface area contributed by atoms with Crippen LogP contribution in [0.3, 0.4) is 0 Å². The third kappa shape index (κ3) is 2.76. The molecule has 4 nitrogen and oxygen atoms in total. The molecule has 2 heterocycles. The Morgan fingerprint density at radius 1 is 1.23 bits per heavy atom. The molecule has 3 rings (SSSR count). The molecule has 1 atom stereocenters. The first-order valence-electron chi connectivity index (χ1n) is 7.23. The lowest BCUT2D eigenvalue weighted by molar-refractivity contribution is 0.0600. The number of rotatable bonds is 3. The van der Waals surface area contributed by atoms with E-state index >= 15 is 0 Å². The van der Waals surface area contributed by atoms with Crippen LogP contribution in [-0.4, -0.2) is 30.4 Å². The zero-order valence-corrected chi connectivity index (χ0v) is 13.1. The van der Waals surface area contributed by atoms with Crippen molar-refractivity contribution in [3.8, 4) is 0 Å². The standard InChI is InChI=1S/C17H17NO3S/c1-21-17(20)13-6-2-5-12(11-13)16(19)18-9-3-7-14(18)15-8-4-10-22-15/h2,4-6,8,10-11,14H,3,7,9H2,1H3. The number of nitrogens with zero attached hydrogens (tertiary/aromatic N) is 1. The van der Waals surface area contributed by atoms with Crippen molar-refractivity contribution in [2.75, 3.05) is 13.7 Å². The fourth-order valence-corrected chi connectivity index (χ4v) is 3.72. The zero-order valence-electron chi connectivity index (χ0n) is 12.3. The summed E-state index contributed by atoms with van der Waals surface area (Å²) >= 11 is 1.68. The summed E-state index contributed by atoms with van der Waals surface area (Å²) in [6, 6.07) is 11.0. The summed E-state index contributed by atoms with van der Waals surface area (Å²) in [7, 11) is 1.34. The Balaban J connectivity index is 1.86. The van der Waals surface area contributed by atoms with Gasteiger partial charge in [0, 0.05) is 17.0 Å². The van der Waals surface area contributed by atoms with Gasteiger partial charge in [0.15, 0.2) is 0 Å². The quantitative estimate of drug-likeness (QED) is 0.814. The molecule has 1 saturated heterocycles. The van der Waals surface area contributed by atoms with Gasteiger partial charge in [-0.3, -0.25) is 4.79 Å². The number of carbonyl (C=O) groups is 2. The highest BCUT2D eigenvalue weighted by Crippen LogP contribution is 2.35. The number of ether oxygens (including phenoxy) is 1. The van der Waals surface area contributed by atoms with Crippen molar-refractivity contribution in [3.63, 3.8) is 0 Å². The van der Waals surface area contributed by atoms with Gasteiger partial charge in [0.2, 0.25) is 0 Å². The van der Waals surface area contributed by atoms with Gasteiger partial charge in [0.1, 0.15) is 0 Å². The van der Waals surface area contributed by atoms with Gasteiger partial charge in [0.25, 0.3) is 5.91 Å². The maximum absolute atomic E-state index is 12.8. The predicted octanol–water partition coefficient (Wildman–Crippen LogP) is 3.51. The number of esters is 1. The lowest BCUT2D eigenvalue weighted by atomic mass is 10.1. The van der Waals surface area contributed by atoms with Gasteiger partial charge in [-0.2, -0.15) is 0 Å². The minimum Gasteiger partial charge on any atom is -0.465 e. The molecule has 0 saturated carbocycles. The van der Waals surface area contributed by atoms with E-state index in [0.29, 0.717) is 11.1 Å². The van der Waals surface area contributed by atoms with Crippen LogP contribution in [0.1, 0.15) is 44.5 Å². The fourth-order valence-electron chi connectivity index (χ4n) is 2.85. The predicted molar refractivity (Wildman–Crippen MR) is 85.1 cm³/mol. The first kappa shape index (κ1) is 14.8. The molecular formula is C17H17NO3S. The zero-order chi connectivity index (χ0) is 15.5. The molecule has 1 aromatic heterocycles. The highest BCUT2D eigenvalue weighted by atomic mass is 32.1. The molecule has 1 fully saturated rings. The second-order valence-corrected chi connectivity index (χ2v) is 6.22. The van der Waals surface area contributed by atoms with Gasteiger partial charge in [-0.1, -0.05) is 12.1 Å². The minimum absolute atomic E-state index is 0.0262. The molecule has 0 radical (unpaired) electrons. The van der Waals surface area contributed by atoms with Crippen LogP contribution in [0.4, 0.5) is 0 Å². The molecule has 5 heteroatoms. The number of hydrogen-bond donors (Lipinski definition) is 0. The van der Waals surface area contributed by atoms with E-state index in [2.05, 4.69) is 6.07 Å². The second kappa shape index (κ2) is 6.32. The van der Waals surface area contributed by atoms with E-state index in [9.17, 15) is 9.59 Å². The summed E-state index contributed by atoms with van der Waals surface area (Å²) in [5, 5.41) is 2.04. The van der Waals surface area contributed by atoms with Crippen molar-refractivity contribution in [1.82, 2.24) is 4.90 Å². The number of carbonyl (C=O) groups excluding carboxylic acids is 2. The van der Waals surface area contributed by atoms with Crippen LogP contribution >= 0.6 is 11.3 Å². The Morgan fingerprint density at radius 2 is 2.05 bits per heavy atom. The van der Waals surface area contributed by atoms with Gasteiger partial charge < -0.3 is 9.64 Å². The normalized spacial score (nSPS) is 17.5. The molecule has 0 spiro atoms. The van der Waals surface area contributed by atoms with Gasteiger partial charge in [-0.15, -0.1) is 11.3 Å². The molecule has 1 aliphatic rings. The molecule has 114 valence electrons. The molecule has 2 aromatic rings. The molecule has 0 aliphatic carbocycles. The number of hydrogen-bond acceptors (Lipinski definition) is 4. The van der Waals surface area contributed by atoms with Gasteiger partial charge in [0.05, 0.1) is 18.7 Å². The lowest BCUT2D eigenvalue weighted by Gasteiger charge is -2.24. The maximum Gasteiger partial charge on any atom is 0.337 e. The topological polar surface area (TPSA) is 46.6 Å². The van der Waals surface area contributed by atoms with E-state index in [1.807, 2.05) is 16.3 Å². The van der Waals surface area contributed by atoms with Crippen LogP contribution in [0.2, 0.25) is 0 Å². The Bertz CT molecular complexity index is 681. The fraction of sp³-hybridized carbons (Fsp3) is 0.294. The lowest BCUT2D eigenvalue weighted by Crippen LogP contribution is -2.30. The van der Waals surface area contributed by atoms with E-state index in [1.165, 1.54) is 12.0 Å². The van der Waals surface area contributed by atoms with Crippen molar-refractivity contribution in [3.05, 3.63) is 57.8 Å². The Kier molecular flexibility index (Phi) is 4.24. The van der Waals surface area contributed by atoms with E-state index in [1.54, 1.807) is 35.6 Å². The Hall–Kier alpha value is -2.14. The molecule has 0 N–H and O–H groups in total. The molecule has 0 bridgehead atoms. The molecule has 1 unspecified atom stereocenters. The number of amides is 1. The maximum atomic E-state index is 12.8. The monoisotopic (exact) mass is 315 g/mol. The summed E-state index contributed by atoms with van der Waals surface area (Å²) in [5.74, 6) is -0.451. The van der Waals surface area contributed by atoms with Gasteiger partial charge in [-0.05, 0) is 42.5 Å². The van der Waals surface area contributed by atoms with Crippen LogP contribution in [0.5, 0.6) is 0 Å². The van der Waals surface area contributed by atoms with Crippen LogP contribution in [0, 0.1) is 0 Å². The van der Waals surface area contributed by atoms with Crippen LogP contribution < -0.4 is 0 Å². The second-order valence-electron chi connectivity index (χ2n) is 5.24. The van der Waals surface area contributed by atoms with Crippen LogP contribution in [0.25, 0.3) is 0 Å². The minimum atomic E-state index is -0.425. The van der Waals surface area contributed by atoms with Crippen molar-refractivity contribution in [2.45, 2.75) is 18.9 Å². The smallest absolute Gasteiger partial charge is 0.337 e. The number of likely N-dealkylation sites (tertiary alicyclic amines) is 1. The number of methoxy groups -OCH3 is 1. The molecule has 22 heavy (non-hydrogen) atoms. The largest absolute Gasteiger partial charge is 0.465 e. The third-order valence-electron chi connectivity index (χ3n) is 3.92. The average Bonchev–Trinajstić information content (AvgIpc) is 3.23. The Morgan fingerprint density at radius 3 is 2.77 bits per heavy atom. The Labute approximate surface area is 133 Å². The average molecular weight is 315 g/mol. The van der Waals surface area contributed by atoms with Crippen molar-refractivity contribution in [2.24, 2.45) is 0 Å². The number of thiophene rings is 1. The van der Waals surface area contributed by atoms with Crippen molar-refractivity contribution in [1.29, 1.82) is 0 Å². The summed E-state index contributed by atoms with van der Waals surface area (Å²) in [5.41, 5.74) is 0.937. The summed E-state index contributed by atoms with van der Waals surface area (Å²) in [6.07, 6.45) is 1.99. The number of benzene rings is 1. The molecular weight excluding hydrogens is 298 g/mol. The highest BCUT2D eigenvalue weighted by Gasteiger charge is 2.31. The van der Waals surface area contributed by atoms with Crippen LogP contribution in [0.15, 0.2) is 41.8 Å². The van der Waals surface area contributed by atoms with Crippen molar-refractivity contribution < 1.29 is 14.3 Å². The third-order valence-corrected chi connectivity index (χ3v) is 4.89. The SMILES string of the molecule is COC(=O)c1cccc(C(=O)N2CCCC2c2cccs2)c1. The first-order chi connectivity index (χ1) is 10.7. The summed E-state index contributed by atoms with van der Waals surface area (Å²) in [6.45, 7) is 0.754. The van der Waals surface area contributed by atoms with Gasteiger partial charge in [-0.25, -0.2) is 4.79 Å². The van der Waals surface area contributed by atoms with Crippen LogP contribution in [-0.2, 0) is 4.74 Å².